The van der Waals surface area contributed by atoms with Crippen molar-refractivity contribution in [3.63, 3.8) is 0 Å². The number of rotatable bonds is 7. The Morgan fingerprint density at radius 3 is 2.22 bits per heavy atom. The Labute approximate surface area is 110 Å². The minimum absolute atomic E-state index is 0.402. The van der Waals surface area contributed by atoms with Gasteiger partial charge in [0.1, 0.15) is 0 Å². The van der Waals surface area contributed by atoms with Gasteiger partial charge < -0.3 is 0 Å². The lowest BCUT2D eigenvalue weighted by molar-refractivity contribution is 0.385. The lowest BCUT2D eigenvalue weighted by Crippen LogP contribution is -2.39. The molecule has 0 unspecified atom stereocenters. The van der Waals surface area contributed by atoms with Crippen LogP contribution in [0.15, 0.2) is 30.3 Å². The molecule has 18 heavy (non-hydrogen) atoms. The molecule has 0 saturated carbocycles. The Bertz CT molecular complexity index is 445. The second kappa shape index (κ2) is 6.87. The van der Waals surface area contributed by atoms with Gasteiger partial charge in [0, 0.05) is 27.2 Å². The van der Waals surface area contributed by atoms with Gasteiger partial charge in [0.25, 0.3) is 10.2 Å². The van der Waals surface area contributed by atoms with E-state index >= 15 is 0 Å². The molecular weight excluding hydrogens is 248 g/mol. The van der Waals surface area contributed by atoms with E-state index in [1.165, 1.54) is 8.61 Å². The SMILES string of the molecule is CCCCN(C)S(=O)(=O)N(C)Cc1ccccc1. The van der Waals surface area contributed by atoms with Crippen LogP contribution in [0.1, 0.15) is 25.3 Å². The van der Waals surface area contributed by atoms with Crippen LogP contribution in [0.5, 0.6) is 0 Å². The summed E-state index contributed by atoms with van der Waals surface area (Å²) in [6.45, 7) is 3.02. The zero-order chi connectivity index (χ0) is 13.6. The first kappa shape index (κ1) is 15.1. The number of hydrogen-bond donors (Lipinski definition) is 0. The molecule has 5 heteroatoms. The molecule has 102 valence electrons. The van der Waals surface area contributed by atoms with E-state index < -0.39 is 10.2 Å². The number of benzene rings is 1. The van der Waals surface area contributed by atoms with Crippen molar-refractivity contribution in [2.45, 2.75) is 26.3 Å². The topological polar surface area (TPSA) is 40.6 Å². The van der Waals surface area contributed by atoms with Gasteiger partial charge in [-0.15, -0.1) is 0 Å². The van der Waals surface area contributed by atoms with Crippen LogP contribution in [-0.4, -0.2) is 37.7 Å². The van der Waals surface area contributed by atoms with Crippen LogP contribution in [0.3, 0.4) is 0 Å². The molecule has 0 aliphatic rings. The predicted molar refractivity (Wildman–Crippen MR) is 74.4 cm³/mol. The van der Waals surface area contributed by atoms with Gasteiger partial charge in [-0.3, -0.25) is 0 Å². The Morgan fingerprint density at radius 1 is 1.06 bits per heavy atom. The molecule has 0 heterocycles. The monoisotopic (exact) mass is 270 g/mol. The van der Waals surface area contributed by atoms with Gasteiger partial charge in [-0.2, -0.15) is 17.0 Å². The van der Waals surface area contributed by atoms with Crippen molar-refractivity contribution < 1.29 is 8.42 Å². The van der Waals surface area contributed by atoms with Crippen molar-refractivity contribution in [2.24, 2.45) is 0 Å². The zero-order valence-electron chi connectivity index (χ0n) is 11.3. The van der Waals surface area contributed by atoms with Crippen molar-refractivity contribution in [2.75, 3.05) is 20.6 Å². The average Bonchev–Trinajstić information content (AvgIpc) is 2.36. The molecular formula is C13H22N2O2S. The second-order valence-corrected chi connectivity index (χ2v) is 6.57. The van der Waals surface area contributed by atoms with E-state index in [9.17, 15) is 8.42 Å². The van der Waals surface area contributed by atoms with E-state index in [1.54, 1.807) is 14.1 Å². The number of nitrogens with zero attached hydrogens (tertiary/aromatic N) is 2. The highest BCUT2D eigenvalue weighted by atomic mass is 32.2. The van der Waals surface area contributed by atoms with Gasteiger partial charge in [0.2, 0.25) is 0 Å². The van der Waals surface area contributed by atoms with Gasteiger partial charge in [-0.05, 0) is 12.0 Å². The molecule has 0 aromatic heterocycles. The van der Waals surface area contributed by atoms with Gasteiger partial charge in [-0.1, -0.05) is 43.7 Å². The predicted octanol–water partition coefficient (Wildman–Crippen LogP) is 2.10. The molecule has 0 aliphatic carbocycles. The third kappa shape index (κ3) is 4.08. The molecule has 0 saturated heterocycles. The molecule has 4 nitrogen and oxygen atoms in total. The summed E-state index contributed by atoms with van der Waals surface area (Å²) in [6.07, 6.45) is 1.87. The van der Waals surface area contributed by atoms with Crippen molar-refractivity contribution in [1.82, 2.24) is 8.61 Å². The van der Waals surface area contributed by atoms with E-state index in [4.69, 9.17) is 0 Å². The minimum Gasteiger partial charge on any atom is -0.195 e. The van der Waals surface area contributed by atoms with Gasteiger partial charge in [-0.25, -0.2) is 0 Å². The molecule has 1 aromatic carbocycles. The van der Waals surface area contributed by atoms with Gasteiger partial charge in [0.15, 0.2) is 0 Å². The zero-order valence-corrected chi connectivity index (χ0v) is 12.2. The molecule has 0 bridgehead atoms. The highest BCUT2D eigenvalue weighted by Gasteiger charge is 2.22. The smallest absolute Gasteiger partial charge is 0.195 e. The van der Waals surface area contributed by atoms with Crippen LogP contribution in [0, 0.1) is 0 Å². The van der Waals surface area contributed by atoms with Crippen molar-refractivity contribution in [1.29, 1.82) is 0 Å². The first-order chi connectivity index (χ1) is 8.48. The van der Waals surface area contributed by atoms with Crippen LogP contribution in [0.2, 0.25) is 0 Å². The maximum atomic E-state index is 12.2. The molecule has 0 spiro atoms. The first-order valence-electron chi connectivity index (χ1n) is 6.20. The summed E-state index contributed by atoms with van der Waals surface area (Å²) in [5.74, 6) is 0. The Hall–Kier alpha value is -0.910. The Balaban J connectivity index is 2.67. The molecule has 1 rings (SSSR count). The summed E-state index contributed by atoms with van der Waals surface area (Å²) < 4.78 is 27.2. The molecule has 0 fully saturated rings. The summed E-state index contributed by atoms with van der Waals surface area (Å²) in [6, 6.07) is 9.61. The fraction of sp³-hybridized carbons (Fsp3) is 0.538. The molecule has 1 aromatic rings. The lowest BCUT2D eigenvalue weighted by atomic mass is 10.2. The Kier molecular flexibility index (Phi) is 5.78. The van der Waals surface area contributed by atoms with Crippen molar-refractivity contribution in [3.8, 4) is 0 Å². The van der Waals surface area contributed by atoms with Crippen LogP contribution < -0.4 is 0 Å². The summed E-state index contributed by atoms with van der Waals surface area (Å²) in [5, 5.41) is 0. The quantitative estimate of drug-likeness (QED) is 0.761. The third-order valence-electron chi connectivity index (χ3n) is 2.86. The Morgan fingerprint density at radius 2 is 1.67 bits per heavy atom. The van der Waals surface area contributed by atoms with Crippen LogP contribution in [0.25, 0.3) is 0 Å². The summed E-state index contributed by atoms with van der Waals surface area (Å²) in [5.41, 5.74) is 0.993. The fourth-order valence-electron chi connectivity index (χ4n) is 1.66. The molecule has 0 N–H and O–H groups in total. The van der Waals surface area contributed by atoms with Crippen LogP contribution in [0.4, 0.5) is 0 Å². The van der Waals surface area contributed by atoms with E-state index in [1.807, 2.05) is 37.3 Å². The summed E-state index contributed by atoms with van der Waals surface area (Å²) >= 11 is 0. The van der Waals surface area contributed by atoms with Gasteiger partial charge >= 0.3 is 0 Å². The highest BCUT2D eigenvalue weighted by Crippen LogP contribution is 2.10. The molecule has 0 atom stereocenters. The van der Waals surface area contributed by atoms with Crippen LogP contribution >= 0.6 is 0 Å². The summed E-state index contributed by atoms with van der Waals surface area (Å²) in [4.78, 5) is 0. The molecule has 0 amide bonds. The van der Waals surface area contributed by atoms with Gasteiger partial charge in [0.05, 0.1) is 0 Å². The third-order valence-corrected chi connectivity index (χ3v) is 4.75. The second-order valence-electron chi connectivity index (χ2n) is 4.42. The normalized spacial score (nSPS) is 12.3. The first-order valence-corrected chi connectivity index (χ1v) is 7.59. The lowest BCUT2D eigenvalue weighted by Gasteiger charge is -2.24. The average molecular weight is 270 g/mol. The number of unbranched alkanes of at least 4 members (excludes halogenated alkanes) is 1. The summed E-state index contributed by atoms with van der Waals surface area (Å²) in [7, 11) is -0.0955. The van der Waals surface area contributed by atoms with E-state index in [0.717, 1.165) is 18.4 Å². The van der Waals surface area contributed by atoms with Crippen molar-refractivity contribution in [3.05, 3.63) is 35.9 Å². The number of hydrogen-bond acceptors (Lipinski definition) is 2. The van der Waals surface area contributed by atoms with E-state index in [0.29, 0.717) is 13.1 Å². The standard InChI is InChI=1S/C13H22N2O2S/c1-4-5-11-14(2)18(16,17)15(3)12-13-9-7-6-8-10-13/h6-10H,4-5,11-12H2,1-3H3. The highest BCUT2D eigenvalue weighted by molar-refractivity contribution is 7.86. The maximum absolute atomic E-state index is 12.2. The molecule has 0 radical (unpaired) electrons. The fourth-order valence-corrected chi connectivity index (χ4v) is 2.80. The molecule has 0 aliphatic heterocycles. The largest absolute Gasteiger partial charge is 0.281 e. The minimum atomic E-state index is -3.34. The van der Waals surface area contributed by atoms with E-state index in [2.05, 4.69) is 0 Å². The van der Waals surface area contributed by atoms with E-state index in [-0.39, 0.29) is 0 Å². The maximum Gasteiger partial charge on any atom is 0.281 e. The van der Waals surface area contributed by atoms with Crippen LogP contribution in [-0.2, 0) is 16.8 Å². The van der Waals surface area contributed by atoms with Crippen molar-refractivity contribution >= 4 is 10.2 Å².